The van der Waals surface area contributed by atoms with E-state index in [9.17, 15) is 10.1 Å². The molecule has 6 nitrogen and oxygen atoms in total. The number of pyridine rings is 1. The second-order valence-electron chi connectivity index (χ2n) is 6.72. The van der Waals surface area contributed by atoms with Crippen LogP contribution in [0.3, 0.4) is 0 Å². The summed E-state index contributed by atoms with van der Waals surface area (Å²) in [5, 5.41) is 10.8. The lowest BCUT2D eigenvalue weighted by molar-refractivity contribution is -0.401. The van der Waals surface area contributed by atoms with Crippen molar-refractivity contribution >= 4 is 11.5 Å². The molecule has 23 heavy (non-hydrogen) atoms. The maximum atomic E-state index is 10.8. The van der Waals surface area contributed by atoms with Gasteiger partial charge in [-0.15, -0.1) is 0 Å². The average Bonchev–Trinajstić information content (AvgIpc) is 3.02. The highest BCUT2D eigenvalue weighted by Gasteiger charge is 2.24. The number of hydrogen-bond acceptors (Lipinski definition) is 4. The average molecular weight is 312 g/mol. The number of nitrogens with zero attached hydrogens (tertiary/aromatic N) is 3. The van der Waals surface area contributed by atoms with E-state index < -0.39 is 4.92 Å². The van der Waals surface area contributed by atoms with Crippen LogP contribution >= 0.6 is 0 Å². The molecule has 3 aromatic heterocycles. The number of imidazole rings is 1. The fraction of sp³-hybridized carbons (Fsp3) is 0.353. The van der Waals surface area contributed by atoms with Crippen molar-refractivity contribution in [2.24, 2.45) is 0 Å². The van der Waals surface area contributed by atoms with E-state index in [0.29, 0.717) is 11.5 Å². The van der Waals surface area contributed by atoms with Gasteiger partial charge in [-0.2, -0.15) is 0 Å². The standard InChI is InChI=1S/C17H18N3O3/c1-10-8-11(2)19-9-12(13-6-7-14(23-13)20(21)22)18-16(19)15(10)17(3,4)5/h6-8H,1-5H3. The van der Waals surface area contributed by atoms with Crippen LogP contribution in [0.5, 0.6) is 0 Å². The van der Waals surface area contributed by atoms with Crippen LogP contribution in [-0.2, 0) is 5.41 Å². The lowest BCUT2D eigenvalue weighted by atomic mass is 9.84. The summed E-state index contributed by atoms with van der Waals surface area (Å²) in [4.78, 5) is 14.9. The lowest BCUT2D eigenvalue weighted by Crippen LogP contribution is -2.16. The number of rotatable bonds is 2. The summed E-state index contributed by atoms with van der Waals surface area (Å²) >= 11 is 0. The van der Waals surface area contributed by atoms with Gasteiger partial charge in [0.15, 0.2) is 5.76 Å². The first-order valence-corrected chi connectivity index (χ1v) is 7.35. The van der Waals surface area contributed by atoms with Crippen LogP contribution in [0, 0.1) is 30.2 Å². The quantitative estimate of drug-likeness (QED) is 0.524. The third kappa shape index (κ3) is 2.50. The number of furan rings is 1. The van der Waals surface area contributed by atoms with E-state index in [-0.39, 0.29) is 11.3 Å². The van der Waals surface area contributed by atoms with Gasteiger partial charge in [0.1, 0.15) is 22.5 Å². The van der Waals surface area contributed by atoms with Gasteiger partial charge in [-0.1, -0.05) is 20.8 Å². The molecule has 0 bridgehead atoms. The third-order valence-corrected chi connectivity index (χ3v) is 3.80. The van der Waals surface area contributed by atoms with Gasteiger partial charge in [-0.25, -0.2) is 4.98 Å². The van der Waals surface area contributed by atoms with E-state index in [1.54, 1.807) is 6.07 Å². The van der Waals surface area contributed by atoms with Gasteiger partial charge in [0.05, 0.1) is 6.07 Å². The minimum Gasteiger partial charge on any atom is -0.399 e. The lowest BCUT2D eigenvalue weighted by Gasteiger charge is -2.23. The summed E-state index contributed by atoms with van der Waals surface area (Å²) in [5.74, 6) is 0.0479. The van der Waals surface area contributed by atoms with Crippen LogP contribution in [0.1, 0.15) is 37.6 Å². The molecular formula is C17H18N3O3. The molecule has 6 heteroatoms. The van der Waals surface area contributed by atoms with Crippen molar-refractivity contribution in [2.75, 3.05) is 0 Å². The Morgan fingerprint density at radius 2 is 2.00 bits per heavy atom. The van der Waals surface area contributed by atoms with Crippen LogP contribution in [0.25, 0.3) is 17.1 Å². The Balaban J connectivity index is 2.25. The van der Waals surface area contributed by atoms with Crippen LogP contribution in [-0.4, -0.2) is 14.3 Å². The Morgan fingerprint density at radius 3 is 2.57 bits per heavy atom. The molecule has 0 fully saturated rings. The van der Waals surface area contributed by atoms with Crippen molar-refractivity contribution in [2.45, 2.75) is 40.0 Å². The minimum absolute atomic E-state index is 0.0787. The van der Waals surface area contributed by atoms with Gasteiger partial charge in [-0.05, 0) is 37.0 Å². The summed E-state index contributed by atoms with van der Waals surface area (Å²) in [6.45, 7) is 10.5. The summed E-state index contributed by atoms with van der Waals surface area (Å²) in [7, 11) is 0. The first-order valence-electron chi connectivity index (χ1n) is 7.35. The molecule has 1 radical (unpaired) electrons. The Labute approximate surface area is 133 Å². The smallest absolute Gasteiger partial charge is 0.399 e. The zero-order chi connectivity index (χ0) is 16.9. The Bertz CT molecular complexity index is 913. The molecule has 0 N–H and O–H groups in total. The maximum Gasteiger partial charge on any atom is 0.433 e. The van der Waals surface area contributed by atoms with Crippen molar-refractivity contribution in [3.8, 4) is 11.5 Å². The second kappa shape index (κ2) is 4.94. The van der Waals surface area contributed by atoms with Crippen LogP contribution < -0.4 is 0 Å². The molecule has 0 aliphatic rings. The molecule has 0 aliphatic heterocycles. The number of hydrogen-bond donors (Lipinski definition) is 0. The molecule has 0 saturated heterocycles. The number of fused-ring (bicyclic) bond motifs is 1. The molecule has 0 atom stereocenters. The Kier molecular flexibility index (Phi) is 3.28. The van der Waals surface area contributed by atoms with E-state index >= 15 is 0 Å². The molecule has 3 heterocycles. The molecule has 119 valence electrons. The predicted molar refractivity (Wildman–Crippen MR) is 86.6 cm³/mol. The Hall–Kier alpha value is -2.63. The summed E-state index contributed by atoms with van der Waals surface area (Å²) in [6, 6.07) is 4.98. The molecular weight excluding hydrogens is 294 g/mol. The maximum absolute atomic E-state index is 10.8. The highest BCUT2D eigenvalue weighted by molar-refractivity contribution is 5.64. The largest absolute Gasteiger partial charge is 0.433 e. The molecule has 0 unspecified atom stereocenters. The van der Waals surface area contributed by atoms with Gasteiger partial charge < -0.3 is 4.42 Å². The topological polar surface area (TPSA) is 73.6 Å². The van der Waals surface area contributed by atoms with Gasteiger partial charge in [0.25, 0.3) is 0 Å². The van der Waals surface area contributed by atoms with E-state index in [4.69, 9.17) is 4.42 Å². The molecule has 3 aromatic rings. The summed E-state index contributed by atoms with van der Waals surface area (Å²) in [6.07, 6.45) is 3.16. The fourth-order valence-electron chi connectivity index (χ4n) is 2.98. The Morgan fingerprint density at radius 1 is 1.30 bits per heavy atom. The van der Waals surface area contributed by atoms with E-state index in [2.05, 4.69) is 44.9 Å². The highest BCUT2D eigenvalue weighted by Crippen LogP contribution is 2.33. The molecule has 0 aromatic carbocycles. The fourth-order valence-corrected chi connectivity index (χ4v) is 2.98. The van der Waals surface area contributed by atoms with Gasteiger partial charge >= 0.3 is 5.88 Å². The second-order valence-corrected chi connectivity index (χ2v) is 6.72. The predicted octanol–water partition coefficient (Wildman–Crippen LogP) is 4.22. The SMILES string of the molecule is Cc1cc(C)n2[c]c(-c3ccc([N+](=O)[O-])o3)nc2c1C(C)(C)C. The van der Waals surface area contributed by atoms with Crippen molar-refractivity contribution in [1.82, 2.24) is 9.38 Å². The van der Waals surface area contributed by atoms with Gasteiger partial charge in [-0.3, -0.25) is 14.5 Å². The molecule has 0 spiro atoms. The molecule has 0 saturated carbocycles. The highest BCUT2D eigenvalue weighted by atomic mass is 16.6. The van der Waals surface area contributed by atoms with Crippen LogP contribution in [0.4, 0.5) is 5.88 Å². The van der Waals surface area contributed by atoms with Gasteiger partial charge in [0.2, 0.25) is 0 Å². The van der Waals surface area contributed by atoms with E-state index in [1.165, 1.54) is 11.6 Å². The summed E-state index contributed by atoms with van der Waals surface area (Å²) < 4.78 is 7.14. The minimum atomic E-state index is -0.560. The number of aryl methyl sites for hydroxylation is 2. The summed E-state index contributed by atoms with van der Waals surface area (Å²) in [5.41, 5.74) is 4.50. The molecule has 0 aliphatic carbocycles. The van der Waals surface area contributed by atoms with E-state index in [0.717, 1.165) is 16.9 Å². The first-order chi connectivity index (χ1) is 10.7. The van der Waals surface area contributed by atoms with Crippen LogP contribution in [0.2, 0.25) is 0 Å². The number of aromatic nitrogens is 2. The first kappa shape index (κ1) is 15.3. The zero-order valence-corrected chi connectivity index (χ0v) is 13.8. The molecule has 0 amide bonds. The van der Waals surface area contributed by atoms with Crippen molar-refractivity contribution in [3.05, 3.63) is 51.3 Å². The third-order valence-electron chi connectivity index (χ3n) is 3.80. The van der Waals surface area contributed by atoms with E-state index in [1.807, 2.05) is 11.3 Å². The van der Waals surface area contributed by atoms with Crippen molar-refractivity contribution < 1.29 is 9.34 Å². The van der Waals surface area contributed by atoms with Crippen molar-refractivity contribution in [1.29, 1.82) is 0 Å². The van der Waals surface area contributed by atoms with Crippen LogP contribution in [0.15, 0.2) is 22.6 Å². The molecule has 3 rings (SSSR count). The van der Waals surface area contributed by atoms with Crippen molar-refractivity contribution in [3.63, 3.8) is 0 Å². The zero-order valence-electron chi connectivity index (χ0n) is 13.8. The monoisotopic (exact) mass is 312 g/mol. The van der Waals surface area contributed by atoms with Gasteiger partial charge in [0, 0.05) is 11.3 Å². The number of nitro groups is 1. The normalized spacial score (nSPS) is 12.0.